The van der Waals surface area contributed by atoms with Crippen LogP contribution in [0, 0.1) is 0 Å². The first-order valence-electron chi connectivity index (χ1n) is 23.1. The molecule has 0 spiro atoms. The van der Waals surface area contributed by atoms with E-state index in [1.807, 2.05) is 0 Å². The third kappa shape index (κ3) is 5.93. The van der Waals surface area contributed by atoms with Crippen molar-refractivity contribution in [1.82, 2.24) is 24.1 Å². The summed E-state index contributed by atoms with van der Waals surface area (Å²) in [6, 6.07) is 84.6. The van der Waals surface area contributed by atoms with Gasteiger partial charge >= 0.3 is 0 Å². The second-order valence-corrected chi connectivity index (χ2v) is 17.6. The summed E-state index contributed by atoms with van der Waals surface area (Å²) in [6.07, 6.45) is 0. The molecular weight excluding hydrogens is 827 g/mol. The molecule has 0 fully saturated rings. The summed E-state index contributed by atoms with van der Waals surface area (Å²) in [7, 11) is 0. The number of hydrogen-bond acceptors (Lipinski definition) is 3. The smallest absolute Gasteiger partial charge is 0.238 e. The van der Waals surface area contributed by atoms with Gasteiger partial charge in [-0.2, -0.15) is 9.97 Å². The lowest BCUT2D eigenvalue weighted by Crippen LogP contribution is -2.07. The van der Waals surface area contributed by atoms with Gasteiger partial charge in [0.15, 0.2) is 11.6 Å². The number of benzene rings is 11. The molecule has 14 rings (SSSR count). The van der Waals surface area contributed by atoms with E-state index < -0.39 is 0 Å². The summed E-state index contributed by atoms with van der Waals surface area (Å²) >= 11 is 0. The molecule has 0 aliphatic rings. The van der Waals surface area contributed by atoms with Crippen molar-refractivity contribution >= 4 is 75.9 Å². The van der Waals surface area contributed by atoms with Crippen LogP contribution < -0.4 is 0 Å². The molecule has 0 N–H and O–H groups in total. The van der Waals surface area contributed by atoms with Crippen LogP contribution in [0.1, 0.15) is 0 Å². The fourth-order valence-corrected chi connectivity index (χ4v) is 10.7. The molecule has 316 valence electrons. The molecule has 0 radical (unpaired) electrons. The van der Waals surface area contributed by atoms with Gasteiger partial charge in [0.2, 0.25) is 5.95 Å². The van der Waals surface area contributed by atoms with E-state index in [-0.39, 0.29) is 0 Å². The second kappa shape index (κ2) is 15.2. The molecule has 0 saturated carbocycles. The largest absolute Gasteiger partial charge is 0.308 e. The number of aromatic nitrogens is 5. The van der Waals surface area contributed by atoms with Crippen molar-refractivity contribution in [2.24, 2.45) is 0 Å². The van der Waals surface area contributed by atoms with Gasteiger partial charge in [0.05, 0.1) is 27.8 Å². The molecule has 14 aromatic rings. The fraction of sp³-hybridized carbons (Fsp3) is 0. The van der Waals surface area contributed by atoms with Crippen molar-refractivity contribution < 1.29 is 0 Å². The van der Waals surface area contributed by atoms with Crippen LogP contribution in [-0.2, 0) is 0 Å². The van der Waals surface area contributed by atoms with Gasteiger partial charge < -0.3 is 4.57 Å². The Labute approximate surface area is 391 Å². The summed E-state index contributed by atoms with van der Waals surface area (Å²) in [5.74, 6) is 1.73. The fourth-order valence-electron chi connectivity index (χ4n) is 10.7. The van der Waals surface area contributed by atoms with Crippen molar-refractivity contribution in [2.75, 3.05) is 0 Å². The van der Waals surface area contributed by atoms with E-state index >= 15 is 0 Å². The Morgan fingerprint density at radius 2 is 0.676 bits per heavy atom. The van der Waals surface area contributed by atoms with Crippen LogP contribution >= 0.6 is 0 Å². The normalized spacial score (nSPS) is 11.8. The minimum absolute atomic E-state index is 0.556. The third-order valence-electron chi connectivity index (χ3n) is 13.8. The van der Waals surface area contributed by atoms with Crippen molar-refractivity contribution in [3.63, 3.8) is 0 Å². The van der Waals surface area contributed by atoms with Gasteiger partial charge in [-0.15, -0.1) is 0 Å². The van der Waals surface area contributed by atoms with E-state index in [0.29, 0.717) is 17.6 Å². The maximum atomic E-state index is 5.46. The highest BCUT2D eigenvalue weighted by molar-refractivity contribution is 6.25. The maximum Gasteiger partial charge on any atom is 0.238 e. The molecular formula is C63H39N5. The number of hydrogen-bond donors (Lipinski definition) is 0. The molecule has 5 heteroatoms. The molecule has 68 heavy (non-hydrogen) atoms. The molecule has 5 nitrogen and oxygen atoms in total. The Balaban J connectivity index is 1.000. The topological polar surface area (TPSA) is 48.5 Å². The Bertz CT molecular complexity index is 4240. The quantitative estimate of drug-likeness (QED) is 0.156. The van der Waals surface area contributed by atoms with Gasteiger partial charge in [-0.1, -0.05) is 188 Å². The first-order chi connectivity index (χ1) is 33.7. The van der Waals surface area contributed by atoms with Gasteiger partial charge in [0.1, 0.15) is 0 Å². The lowest BCUT2D eigenvalue weighted by atomic mass is 9.92. The standard InChI is InChI=1S/C63H39N5/c1-2-17-40(18-3-1)43-34-36-53-52-27-8-12-29-56(52)67(60(53)39-43)59-32-15-11-28-54(59)62-64-61(65-63(66-62)68-57-30-13-9-25-50(57)51-26-10-14-31-58(51)68)44-20-16-19-41(37-44)42-33-35-49-47-23-5-4-21-45(47)46-22-6-7-24-48(46)55(49)38-42/h1-39H. The summed E-state index contributed by atoms with van der Waals surface area (Å²) in [6.45, 7) is 0. The monoisotopic (exact) mass is 865 g/mol. The Morgan fingerprint density at radius 3 is 1.34 bits per heavy atom. The van der Waals surface area contributed by atoms with E-state index in [0.717, 1.165) is 66.3 Å². The highest BCUT2D eigenvalue weighted by Crippen LogP contribution is 2.41. The molecule has 0 aliphatic carbocycles. The van der Waals surface area contributed by atoms with Crippen molar-refractivity contribution in [2.45, 2.75) is 0 Å². The summed E-state index contributed by atoms with van der Waals surface area (Å²) in [5.41, 5.74) is 11.6. The highest BCUT2D eigenvalue weighted by atomic mass is 15.2. The van der Waals surface area contributed by atoms with E-state index in [4.69, 9.17) is 15.0 Å². The number of rotatable bonds is 6. The van der Waals surface area contributed by atoms with E-state index in [2.05, 4.69) is 246 Å². The summed E-state index contributed by atoms with van der Waals surface area (Å²) in [5, 5.41) is 12.2. The van der Waals surface area contributed by atoms with Crippen molar-refractivity contribution in [1.29, 1.82) is 0 Å². The van der Waals surface area contributed by atoms with Crippen LogP contribution in [0.4, 0.5) is 0 Å². The molecule has 0 atom stereocenters. The number of nitrogens with zero attached hydrogens (tertiary/aromatic N) is 5. The van der Waals surface area contributed by atoms with E-state index in [9.17, 15) is 0 Å². The summed E-state index contributed by atoms with van der Waals surface area (Å²) < 4.78 is 4.57. The minimum atomic E-state index is 0.556. The average Bonchev–Trinajstić information content (AvgIpc) is 3.93. The Hall–Kier alpha value is -9.19. The maximum absolute atomic E-state index is 5.46. The zero-order valence-electron chi connectivity index (χ0n) is 36.8. The Kier molecular flexibility index (Phi) is 8.52. The van der Waals surface area contributed by atoms with Gasteiger partial charge in [-0.3, -0.25) is 4.57 Å². The van der Waals surface area contributed by atoms with Gasteiger partial charge in [0.25, 0.3) is 0 Å². The SMILES string of the molecule is c1ccc(-c2ccc3c4ccccc4n(-c4ccccc4-c4nc(-c5cccc(-c6ccc7c8ccccc8c8ccccc8c7c6)c5)nc(-n5c6ccccc6c6ccccc65)n4)c3c2)cc1. The Morgan fingerprint density at radius 1 is 0.235 bits per heavy atom. The van der Waals surface area contributed by atoms with Gasteiger partial charge in [-0.05, 0) is 103 Å². The predicted molar refractivity (Wildman–Crippen MR) is 283 cm³/mol. The molecule has 3 aromatic heterocycles. The third-order valence-corrected chi connectivity index (χ3v) is 13.8. The number of fused-ring (bicyclic) bond motifs is 12. The van der Waals surface area contributed by atoms with Crippen LogP contribution in [0.15, 0.2) is 237 Å². The van der Waals surface area contributed by atoms with Gasteiger partial charge in [0, 0.05) is 32.7 Å². The first-order valence-corrected chi connectivity index (χ1v) is 23.1. The van der Waals surface area contributed by atoms with Crippen LogP contribution in [0.25, 0.3) is 133 Å². The lowest BCUT2D eigenvalue weighted by molar-refractivity contribution is 0.952. The zero-order chi connectivity index (χ0) is 44.7. The van der Waals surface area contributed by atoms with Crippen LogP contribution in [0.3, 0.4) is 0 Å². The molecule has 0 aliphatic heterocycles. The van der Waals surface area contributed by atoms with Crippen LogP contribution in [0.5, 0.6) is 0 Å². The molecule has 0 saturated heterocycles. The molecule has 0 bridgehead atoms. The van der Waals surface area contributed by atoms with Gasteiger partial charge in [-0.25, -0.2) is 4.98 Å². The zero-order valence-corrected chi connectivity index (χ0v) is 36.8. The van der Waals surface area contributed by atoms with Crippen LogP contribution in [0.2, 0.25) is 0 Å². The number of para-hydroxylation sites is 4. The second-order valence-electron chi connectivity index (χ2n) is 17.6. The summed E-state index contributed by atoms with van der Waals surface area (Å²) in [4.78, 5) is 16.3. The molecule has 0 unspecified atom stereocenters. The average molecular weight is 866 g/mol. The predicted octanol–water partition coefficient (Wildman–Crippen LogP) is 16.2. The first kappa shape index (κ1) is 38.1. The molecule has 0 amide bonds. The van der Waals surface area contributed by atoms with E-state index in [1.165, 1.54) is 48.7 Å². The molecule has 11 aromatic carbocycles. The van der Waals surface area contributed by atoms with E-state index in [1.54, 1.807) is 0 Å². The lowest BCUT2D eigenvalue weighted by Gasteiger charge is -2.16. The molecule has 3 heterocycles. The van der Waals surface area contributed by atoms with Crippen molar-refractivity contribution in [3.8, 4) is 56.7 Å². The van der Waals surface area contributed by atoms with Crippen LogP contribution in [-0.4, -0.2) is 24.1 Å². The highest BCUT2D eigenvalue weighted by Gasteiger charge is 2.22. The minimum Gasteiger partial charge on any atom is -0.308 e. The van der Waals surface area contributed by atoms with Crippen molar-refractivity contribution in [3.05, 3.63) is 237 Å².